The van der Waals surface area contributed by atoms with Crippen LogP contribution < -0.4 is 10.6 Å². The number of amides is 2. The average Bonchev–Trinajstić information content (AvgIpc) is 3.09. The maximum atomic E-state index is 12.6. The molecule has 1 aliphatic carbocycles. The second-order valence-electron chi connectivity index (χ2n) is 8.38. The van der Waals surface area contributed by atoms with Gasteiger partial charge in [-0.2, -0.15) is 0 Å². The molecule has 0 bridgehead atoms. The van der Waals surface area contributed by atoms with Crippen LogP contribution in [0.4, 0.5) is 4.79 Å². The van der Waals surface area contributed by atoms with Crippen molar-refractivity contribution >= 4 is 18.0 Å². The summed E-state index contributed by atoms with van der Waals surface area (Å²) in [5.41, 5.74) is 4.47. The fourth-order valence-corrected chi connectivity index (χ4v) is 4.11. The number of aliphatic carboxylic acids is 1. The second kappa shape index (κ2) is 10.3. The summed E-state index contributed by atoms with van der Waals surface area (Å²) in [6.07, 6.45) is 0.318. The highest BCUT2D eigenvalue weighted by Gasteiger charge is 2.31. The van der Waals surface area contributed by atoms with Gasteiger partial charge in [-0.1, -0.05) is 75.7 Å². The first-order chi connectivity index (χ1) is 15.3. The third-order valence-corrected chi connectivity index (χ3v) is 5.76. The Morgan fingerprint density at radius 3 is 2.03 bits per heavy atom. The summed E-state index contributed by atoms with van der Waals surface area (Å²) in [7, 11) is 0. The molecular weight excluding hydrogens is 408 g/mol. The van der Waals surface area contributed by atoms with Crippen LogP contribution in [0.5, 0.6) is 0 Å². The lowest BCUT2D eigenvalue weighted by Gasteiger charge is -2.23. The van der Waals surface area contributed by atoms with Gasteiger partial charge in [0, 0.05) is 5.92 Å². The van der Waals surface area contributed by atoms with Crippen molar-refractivity contribution in [3.8, 4) is 11.1 Å². The first kappa shape index (κ1) is 23.3. The van der Waals surface area contributed by atoms with E-state index in [0.717, 1.165) is 22.3 Å². The molecule has 0 saturated carbocycles. The Morgan fingerprint density at radius 2 is 1.53 bits per heavy atom. The molecule has 2 aromatic carbocycles. The van der Waals surface area contributed by atoms with E-state index in [9.17, 15) is 19.5 Å². The van der Waals surface area contributed by atoms with Crippen molar-refractivity contribution in [3.63, 3.8) is 0 Å². The molecule has 0 spiro atoms. The van der Waals surface area contributed by atoms with Crippen LogP contribution in [0.15, 0.2) is 48.5 Å². The van der Waals surface area contributed by atoms with E-state index in [1.54, 1.807) is 13.8 Å². The third-order valence-electron chi connectivity index (χ3n) is 5.76. The number of hydrogen-bond donors (Lipinski definition) is 3. The third kappa shape index (κ3) is 5.10. The van der Waals surface area contributed by atoms with Crippen LogP contribution in [0.1, 0.15) is 50.7 Å². The van der Waals surface area contributed by atoms with Crippen molar-refractivity contribution in [2.45, 2.75) is 51.6 Å². The van der Waals surface area contributed by atoms with Crippen molar-refractivity contribution in [1.82, 2.24) is 10.6 Å². The van der Waals surface area contributed by atoms with Crippen LogP contribution in [-0.4, -0.2) is 41.8 Å². The van der Waals surface area contributed by atoms with Gasteiger partial charge in [0.2, 0.25) is 5.91 Å². The molecule has 1 aliphatic rings. The van der Waals surface area contributed by atoms with Gasteiger partial charge in [0.05, 0.1) is 0 Å². The summed E-state index contributed by atoms with van der Waals surface area (Å²) in [5, 5.41) is 14.5. The van der Waals surface area contributed by atoms with E-state index in [2.05, 4.69) is 22.8 Å². The van der Waals surface area contributed by atoms with Crippen LogP contribution >= 0.6 is 0 Å². The molecule has 32 heavy (non-hydrogen) atoms. The number of fused-ring (bicyclic) bond motifs is 3. The van der Waals surface area contributed by atoms with Gasteiger partial charge in [0.25, 0.3) is 0 Å². The van der Waals surface area contributed by atoms with Gasteiger partial charge < -0.3 is 20.5 Å². The average molecular weight is 439 g/mol. The summed E-state index contributed by atoms with van der Waals surface area (Å²) in [6.45, 7) is 5.46. The highest BCUT2D eigenvalue weighted by Crippen LogP contribution is 2.44. The molecule has 7 nitrogen and oxygen atoms in total. The number of nitrogens with one attached hydrogen (secondary N) is 2. The molecule has 7 heteroatoms. The van der Waals surface area contributed by atoms with Gasteiger partial charge in [-0.15, -0.1) is 0 Å². The van der Waals surface area contributed by atoms with Crippen LogP contribution in [0.2, 0.25) is 0 Å². The van der Waals surface area contributed by atoms with Crippen LogP contribution in [0.25, 0.3) is 11.1 Å². The van der Waals surface area contributed by atoms with Crippen LogP contribution in [0.3, 0.4) is 0 Å². The number of carbonyl (C=O) groups excluding carboxylic acids is 2. The smallest absolute Gasteiger partial charge is 0.407 e. The Labute approximate surface area is 188 Å². The number of carbonyl (C=O) groups is 3. The highest BCUT2D eigenvalue weighted by atomic mass is 16.5. The van der Waals surface area contributed by atoms with E-state index < -0.39 is 30.1 Å². The molecule has 0 fully saturated rings. The zero-order valence-electron chi connectivity index (χ0n) is 18.6. The van der Waals surface area contributed by atoms with E-state index in [4.69, 9.17) is 4.74 Å². The molecular formula is C25H30N2O5. The van der Waals surface area contributed by atoms with E-state index >= 15 is 0 Å². The van der Waals surface area contributed by atoms with Crippen molar-refractivity contribution in [1.29, 1.82) is 0 Å². The SMILES string of the molecule is CCC[C@@H](NC(=O)OCC1c2ccccc2-c2ccccc21)C(=O)N[C@@H](C(=O)O)C(C)C. The van der Waals surface area contributed by atoms with Crippen molar-refractivity contribution in [2.75, 3.05) is 6.61 Å². The monoisotopic (exact) mass is 438 g/mol. The summed E-state index contributed by atoms with van der Waals surface area (Å²) < 4.78 is 5.52. The molecule has 2 amide bonds. The lowest BCUT2D eigenvalue weighted by molar-refractivity contribution is -0.143. The van der Waals surface area contributed by atoms with Crippen LogP contribution in [0, 0.1) is 5.92 Å². The van der Waals surface area contributed by atoms with Gasteiger partial charge >= 0.3 is 12.1 Å². The predicted molar refractivity (Wildman–Crippen MR) is 121 cm³/mol. The Balaban J connectivity index is 1.65. The van der Waals surface area contributed by atoms with Gasteiger partial charge in [-0.05, 0) is 34.6 Å². The maximum Gasteiger partial charge on any atom is 0.407 e. The van der Waals surface area contributed by atoms with E-state index in [-0.39, 0.29) is 18.4 Å². The molecule has 0 radical (unpaired) electrons. The van der Waals surface area contributed by atoms with E-state index in [0.29, 0.717) is 12.8 Å². The van der Waals surface area contributed by atoms with Crippen molar-refractivity contribution in [3.05, 3.63) is 59.7 Å². The molecule has 0 unspecified atom stereocenters. The normalized spacial score (nSPS) is 14.2. The molecule has 2 atom stereocenters. The molecule has 3 N–H and O–H groups in total. The first-order valence-corrected chi connectivity index (χ1v) is 11.0. The minimum Gasteiger partial charge on any atom is -0.480 e. The molecule has 170 valence electrons. The quantitative estimate of drug-likeness (QED) is 0.550. The Hall–Kier alpha value is -3.35. The summed E-state index contributed by atoms with van der Waals surface area (Å²) in [5.74, 6) is -2.00. The van der Waals surface area contributed by atoms with Crippen molar-refractivity contribution in [2.24, 2.45) is 5.92 Å². The number of benzene rings is 2. The van der Waals surface area contributed by atoms with Gasteiger partial charge in [-0.3, -0.25) is 4.79 Å². The Morgan fingerprint density at radius 1 is 0.969 bits per heavy atom. The van der Waals surface area contributed by atoms with Crippen LogP contribution in [-0.2, 0) is 14.3 Å². The molecule has 0 heterocycles. The zero-order chi connectivity index (χ0) is 23.3. The fourth-order valence-electron chi connectivity index (χ4n) is 4.11. The fraction of sp³-hybridized carbons (Fsp3) is 0.400. The van der Waals surface area contributed by atoms with E-state index in [1.165, 1.54) is 0 Å². The maximum absolute atomic E-state index is 12.6. The summed E-state index contributed by atoms with van der Waals surface area (Å²) in [4.78, 5) is 36.6. The second-order valence-corrected chi connectivity index (χ2v) is 8.38. The molecule has 2 aromatic rings. The highest BCUT2D eigenvalue weighted by molar-refractivity contribution is 5.89. The van der Waals surface area contributed by atoms with Gasteiger partial charge in [0.15, 0.2) is 0 Å². The minimum absolute atomic E-state index is 0.0797. The number of carboxylic acid groups (broad SMARTS) is 1. The topological polar surface area (TPSA) is 105 Å². The summed E-state index contributed by atoms with van der Waals surface area (Å²) >= 11 is 0. The molecule has 3 rings (SSSR count). The first-order valence-electron chi connectivity index (χ1n) is 11.0. The summed E-state index contributed by atoms with van der Waals surface area (Å²) in [6, 6.07) is 14.2. The zero-order valence-corrected chi connectivity index (χ0v) is 18.6. The minimum atomic E-state index is -1.11. The number of ether oxygens (including phenoxy) is 1. The van der Waals surface area contributed by atoms with E-state index in [1.807, 2.05) is 43.3 Å². The molecule has 0 aromatic heterocycles. The Kier molecular flexibility index (Phi) is 7.51. The predicted octanol–water partition coefficient (Wildman–Crippen LogP) is 3.92. The van der Waals surface area contributed by atoms with Gasteiger partial charge in [-0.25, -0.2) is 9.59 Å². The number of alkyl carbamates (subject to hydrolysis) is 1. The Bertz CT molecular complexity index is 942. The largest absolute Gasteiger partial charge is 0.480 e. The molecule has 0 saturated heterocycles. The number of carboxylic acids is 1. The lowest BCUT2D eigenvalue weighted by Crippen LogP contribution is -2.53. The van der Waals surface area contributed by atoms with Crippen molar-refractivity contribution < 1.29 is 24.2 Å². The number of rotatable bonds is 9. The molecule has 0 aliphatic heterocycles. The standard InChI is InChI=1S/C25H30N2O5/c1-4-9-21(23(28)27-22(15(2)3)24(29)30)26-25(31)32-14-20-18-12-7-5-10-16(18)17-11-6-8-13-19(17)20/h5-8,10-13,15,20-22H,4,9,14H2,1-3H3,(H,26,31)(H,27,28)(H,29,30)/t21-,22-/m1/s1. The number of hydrogen-bond acceptors (Lipinski definition) is 4. The lowest BCUT2D eigenvalue weighted by atomic mass is 9.98. The van der Waals surface area contributed by atoms with Gasteiger partial charge in [0.1, 0.15) is 18.7 Å².